The standard InChI is InChI=1S/C38H58O5/c1-15-17-18-23(16-2)19-25-26(33(40)41)22-29(37(9,10)11)32(30(25)38(12,13)14)43-34(42)24-20-27(35(3,4)5)31(39)28(21-24)36(6,7)8/h20-23,39H,15-19H2,1-14H3,(H,40,41). The Kier molecular flexibility index (Phi) is 11.0. The van der Waals surface area contributed by atoms with E-state index in [1.54, 1.807) is 18.2 Å². The van der Waals surface area contributed by atoms with Crippen LogP contribution >= 0.6 is 0 Å². The molecule has 0 bridgehead atoms. The fraction of sp³-hybridized carbons (Fsp3) is 0.632. The van der Waals surface area contributed by atoms with Gasteiger partial charge in [0.25, 0.3) is 0 Å². The Hall–Kier alpha value is -2.82. The topological polar surface area (TPSA) is 83.8 Å². The van der Waals surface area contributed by atoms with Crippen LogP contribution < -0.4 is 4.74 Å². The number of hydrogen-bond donors (Lipinski definition) is 2. The van der Waals surface area contributed by atoms with Crippen LogP contribution in [0.1, 0.15) is 171 Å². The molecule has 0 aromatic heterocycles. The van der Waals surface area contributed by atoms with E-state index in [0.29, 0.717) is 45.9 Å². The average Bonchev–Trinajstić information content (AvgIpc) is 2.83. The Bertz CT molecular complexity index is 1290. The number of unbranched alkanes of at least 4 members (excludes halogenated alkanes) is 1. The first-order chi connectivity index (χ1) is 19.4. The Morgan fingerprint density at radius 2 is 1.26 bits per heavy atom. The highest BCUT2D eigenvalue weighted by Gasteiger charge is 2.36. The second-order valence-corrected chi connectivity index (χ2v) is 16.4. The van der Waals surface area contributed by atoms with E-state index < -0.39 is 33.6 Å². The number of carboxylic acid groups (broad SMARTS) is 1. The first-order valence-corrected chi connectivity index (χ1v) is 16.0. The molecule has 0 fully saturated rings. The Balaban J connectivity index is 2.97. The van der Waals surface area contributed by atoms with E-state index in [-0.39, 0.29) is 5.75 Å². The molecule has 1 unspecified atom stereocenters. The van der Waals surface area contributed by atoms with E-state index in [1.165, 1.54) is 0 Å². The highest BCUT2D eigenvalue weighted by Crippen LogP contribution is 2.46. The van der Waals surface area contributed by atoms with Crippen molar-refractivity contribution in [1.29, 1.82) is 0 Å². The van der Waals surface area contributed by atoms with E-state index in [9.17, 15) is 19.8 Å². The van der Waals surface area contributed by atoms with E-state index in [0.717, 1.165) is 36.8 Å². The van der Waals surface area contributed by atoms with Crippen molar-refractivity contribution in [1.82, 2.24) is 0 Å². The van der Waals surface area contributed by atoms with Gasteiger partial charge in [-0.15, -0.1) is 0 Å². The summed E-state index contributed by atoms with van der Waals surface area (Å²) >= 11 is 0. The molecule has 43 heavy (non-hydrogen) atoms. The van der Waals surface area contributed by atoms with Crippen LogP contribution in [0.3, 0.4) is 0 Å². The quantitative estimate of drug-likeness (QED) is 0.223. The first kappa shape index (κ1) is 36.4. The van der Waals surface area contributed by atoms with Gasteiger partial charge in [-0.2, -0.15) is 0 Å². The molecule has 0 radical (unpaired) electrons. The number of rotatable bonds is 9. The van der Waals surface area contributed by atoms with Crippen LogP contribution in [0, 0.1) is 5.92 Å². The number of carbonyl (C=O) groups is 2. The van der Waals surface area contributed by atoms with Gasteiger partial charge in [-0.1, -0.05) is 123 Å². The predicted octanol–water partition coefficient (Wildman–Crippen LogP) is 10.3. The Morgan fingerprint density at radius 1 is 0.767 bits per heavy atom. The summed E-state index contributed by atoms with van der Waals surface area (Å²) in [4.78, 5) is 27.0. The summed E-state index contributed by atoms with van der Waals surface area (Å²) in [5.41, 5.74) is 2.46. The predicted molar refractivity (Wildman–Crippen MR) is 178 cm³/mol. The minimum Gasteiger partial charge on any atom is -0.507 e. The van der Waals surface area contributed by atoms with E-state index in [4.69, 9.17) is 4.74 Å². The van der Waals surface area contributed by atoms with Crippen molar-refractivity contribution in [2.24, 2.45) is 5.92 Å². The van der Waals surface area contributed by atoms with Crippen molar-refractivity contribution >= 4 is 11.9 Å². The van der Waals surface area contributed by atoms with Gasteiger partial charge in [-0.3, -0.25) is 0 Å². The third-order valence-electron chi connectivity index (χ3n) is 8.37. The van der Waals surface area contributed by atoms with Crippen LogP contribution in [0.15, 0.2) is 18.2 Å². The van der Waals surface area contributed by atoms with Gasteiger partial charge in [0.15, 0.2) is 0 Å². The molecule has 240 valence electrons. The van der Waals surface area contributed by atoms with Gasteiger partial charge < -0.3 is 14.9 Å². The second-order valence-electron chi connectivity index (χ2n) is 16.4. The highest BCUT2D eigenvalue weighted by atomic mass is 16.5. The highest BCUT2D eigenvalue weighted by molar-refractivity contribution is 5.94. The zero-order valence-electron chi connectivity index (χ0n) is 29.5. The molecule has 0 saturated heterocycles. The number of esters is 1. The summed E-state index contributed by atoms with van der Waals surface area (Å²) in [6, 6.07) is 5.22. The zero-order valence-corrected chi connectivity index (χ0v) is 29.5. The van der Waals surface area contributed by atoms with E-state index in [2.05, 4.69) is 34.6 Å². The Labute approximate surface area is 261 Å². The smallest absolute Gasteiger partial charge is 0.343 e. The molecule has 0 amide bonds. The maximum Gasteiger partial charge on any atom is 0.343 e. The summed E-state index contributed by atoms with van der Waals surface area (Å²) in [7, 11) is 0. The van der Waals surface area contributed by atoms with Crippen molar-refractivity contribution in [3.05, 3.63) is 57.1 Å². The summed E-state index contributed by atoms with van der Waals surface area (Å²) < 4.78 is 6.45. The molecule has 0 heterocycles. The number of phenolic OH excluding ortho intramolecular Hbond substituents is 1. The fourth-order valence-corrected chi connectivity index (χ4v) is 5.84. The van der Waals surface area contributed by atoms with Crippen molar-refractivity contribution in [2.45, 2.75) is 151 Å². The molecular weight excluding hydrogens is 536 g/mol. The molecule has 2 aromatic rings. The number of ether oxygens (including phenoxy) is 1. The summed E-state index contributed by atoms with van der Waals surface area (Å²) in [5, 5.41) is 21.7. The number of benzene rings is 2. The van der Waals surface area contributed by atoms with Crippen LogP contribution in [0.2, 0.25) is 0 Å². The summed E-state index contributed by atoms with van der Waals surface area (Å²) in [6.45, 7) is 28.6. The maximum absolute atomic E-state index is 14.2. The molecule has 5 heteroatoms. The number of hydrogen-bond acceptors (Lipinski definition) is 4. The lowest BCUT2D eigenvalue weighted by molar-refractivity contribution is 0.0694. The number of carbonyl (C=O) groups excluding carboxylic acids is 1. The van der Waals surface area contributed by atoms with Gasteiger partial charge >= 0.3 is 11.9 Å². The largest absolute Gasteiger partial charge is 0.507 e. The van der Waals surface area contributed by atoms with E-state index >= 15 is 0 Å². The number of phenols is 1. The lowest BCUT2D eigenvalue weighted by atomic mass is 9.73. The monoisotopic (exact) mass is 594 g/mol. The normalized spacial score (nSPS) is 13.6. The van der Waals surface area contributed by atoms with E-state index in [1.807, 2.05) is 62.3 Å². The lowest BCUT2D eigenvalue weighted by Gasteiger charge is -2.33. The summed E-state index contributed by atoms with van der Waals surface area (Å²) in [6.07, 6.45) is 4.74. The molecule has 0 spiro atoms. The van der Waals surface area contributed by atoms with Crippen LogP contribution in [0.25, 0.3) is 0 Å². The summed E-state index contributed by atoms with van der Waals surface area (Å²) in [5.74, 6) is -0.494. The van der Waals surface area contributed by atoms with Crippen molar-refractivity contribution in [3.63, 3.8) is 0 Å². The van der Waals surface area contributed by atoms with Crippen LogP contribution in [-0.2, 0) is 28.1 Å². The minimum absolute atomic E-state index is 0.202. The van der Waals surface area contributed by atoms with Gasteiger partial charge in [-0.25, -0.2) is 9.59 Å². The lowest BCUT2D eigenvalue weighted by Crippen LogP contribution is -2.27. The van der Waals surface area contributed by atoms with Gasteiger partial charge in [0.05, 0.1) is 11.1 Å². The minimum atomic E-state index is -0.961. The van der Waals surface area contributed by atoms with Crippen molar-refractivity contribution in [3.8, 4) is 11.5 Å². The maximum atomic E-state index is 14.2. The van der Waals surface area contributed by atoms with Crippen LogP contribution in [0.5, 0.6) is 11.5 Å². The van der Waals surface area contributed by atoms with Gasteiger partial charge in [-0.05, 0) is 57.8 Å². The molecule has 0 aliphatic heterocycles. The number of aromatic carboxylic acids is 1. The number of aromatic hydroxyl groups is 1. The third kappa shape index (κ3) is 8.64. The molecule has 0 aliphatic carbocycles. The van der Waals surface area contributed by atoms with Crippen molar-refractivity contribution in [2.75, 3.05) is 0 Å². The second kappa shape index (κ2) is 13.0. The van der Waals surface area contributed by atoms with Crippen LogP contribution in [0.4, 0.5) is 0 Å². The molecule has 0 saturated carbocycles. The third-order valence-corrected chi connectivity index (χ3v) is 8.37. The van der Waals surface area contributed by atoms with Gasteiger partial charge in [0.2, 0.25) is 0 Å². The van der Waals surface area contributed by atoms with Gasteiger partial charge in [0, 0.05) is 22.3 Å². The number of carboxylic acids is 1. The average molecular weight is 595 g/mol. The molecule has 2 rings (SSSR count). The van der Waals surface area contributed by atoms with Gasteiger partial charge in [0.1, 0.15) is 11.5 Å². The van der Waals surface area contributed by atoms with Crippen molar-refractivity contribution < 1.29 is 24.5 Å². The molecular formula is C38H58O5. The zero-order chi connectivity index (χ0) is 33.3. The molecule has 2 N–H and O–H groups in total. The SMILES string of the molecule is CCCCC(CC)Cc1c(C(=O)O)cc(C(C)(C)C)c(OC(=O)c2cc(C(C)(C)C)c(O)c(C(C)(C)C)c2)c1C(C)(C)C. The molecule has 0 aliphatic rings. The molecule has 1 atom stereocenters. The molecule has 5 nitrogen and oxygen atoms in total. The van der Waals surface area contributed by atoms with Crippen LogP contribution in [-0.4, -0.2) is 22.2 Å². The Morgan fingerprint density at radius 3 is 1.63 bits per heavy atom. The molecule has 2 aromatic carbocycles. The fourth-order valence-electron chi connectivity index (χ4n) is 5.84. The first-order valence-electron chi connectivity index (χ1n) is 16.0.